The van der Waals surface area contributed by atoms with E-state index in [4.69, 9.17) is 5.73 Å². The molecule has 0 aromatic carbocycles. The average Bonchev–Trinajstić information content (AvgIpc) is 1.85. The summed E-state index contributed by atoms with van der Waals surface area (Å²) >= 11 is 0. The zero-order chi connectivity index (χ0) is 8.27. The smallest absolute Gasteiger partial charge is 0.00790 e. The first-order valence-corrected chi connectivity index (χ1v) is 4.60. The minimum absolute atomic E-state index is 0.420. The summed E-state index contributed by atoms with van der Waals surface area (Å²) in [6, 6.07) is 0.420. The molecule has 1 aliphatic rings. The molecule has 2 unspecified atom stereocenters. The van der Waals surface area contributed by atoms with E-state index in [-0.39, 0.29) is 0 Å². The fraction of sp³-hybridized carbons (Fsp3) is 0.800. The Labute approximate surface area is 69.7 Å². The highest BCUT2D eigenvalue weighted by Gasteiger charge is 2.14. The fourth-order valence-corrected chi connectivity index (χ4v) is 1.79. The van der Waals surface area contributed by atoms with Gasteiger partial charge in [-0.25, -0.2) is 0 Å². The number of hydrogen-bond acceptors (Lipinski definition) is 1. The monoisotopic (exact) mass is 153 g/mol. The first-order chi connectivity index (χ1) is 5.18. The molecule has 2 N–H and O–H groups in total. The van der Waals surface area contributed by atoms with Gasteiger partial charge in [0.15, 0.2) is 0 Å². The minimum atomic E-state index is 0.420. The lowest BCUT2D eigenvalue weighted by Crippen LogP contribution is -2.25. The largest absolute Gasteiger partial charge is 0.327 e. The molecule has 0 fully saturated rings. The molecule has 0 saturated carbocycles. The topological polar surface area (TPSA) is 26.0 Å². The van der Waals surface area contributed by atoms with Crippen molar-refractivity contribution in [3.8, 4) is 0 Å². The maximum absolute atomic E-state index is 5.85. The Morgan fingerprint density at radius 2 is 2.27 bits per heavy atom. The highest BCUT2D eigenvalue weighted by atomic mass is 14.6. The number of nitrogens with two attached hydrogens (primary N) is 1. The van der Waals surface area contributed by atoms with E-state index < -0.39 is 0 Å². The van der Waals surface area contributed by atoms with Crippen molar-refractivity contribution < 1.29 is 0 Å². The molecule has 1 nitrogen and oxygen atoms in total. The average molecular weight is 153 g/mol. The lowest BCUT2D eigenvalue weighted by Gasteiger charge is -2.22. The van der Waals surface area contributed by atoms with Gasteiger partial charge in [0.25, 0.3) is 0 Å². The molecule has 0 heterocycles. The van der Waals surface area contributed by atoms with Gasteiger partial charge in [-0.1, -0.05) is 26.0 Å². The molecule has 0 bridgehead atoms. The van der Waals surface area contributed by atoms with Crippen molar-refractivity contribution in [2.75, 3.05) is 0 Å². The predicted molar refractivity (Wildman–Crippen MR) is 49.3 cm³/mol. The van der Waals surface area contributed by atoms with Crippen LogP contribution in [0.25, 0.3) is 0 Å². The second-order valence-electron chi connectivity index (χ2n) is 4.05. The lowest BCUT2D eigenvalue weighted by atomic mass is 9.86. The minimum Gasteiger partial charge on any atom is -0.327 e. The van der Waals surface area contributed by atoms with E-state index >= 15 is 0 Å². The van der Waals surface area contributed by atoms with E-state index in [1.807, 2.05) is 0 Å². The third kappa shape index (κ3) is 3.06. The van der Waals surface area contributed by atoms with Crippen LogP contribution in [0.1, 0.15) is 33.1 Å². The first kappa shape index (κ1) is 8.79. The molecular formula is C10H19N. The van der Waals surface area contributed by atoms with Crippen molar-refractivity contribution in [3.05, 3.63) is 12.2 Å². The van der Waals surface area contributed by atoms with Crippen LogP contribution in [-0.4, -0.2) is 6.04 Å². The van der Waals surface area contributed by atoms with Crippen LogP contribution in [0.15, 0.2) is 12.2 Å². The van der Waals surface area contributed by atoms with Crippen molar-refractivity contribution in [3.63, 3.8) is 0 Å². The van der Waals surface area contributed by atoms with Crippen LogP contribution in [0.3, 0.4) is 0 Å². The molecule has 0 aromatic heterocycles. The van der Waals surface area contributed by atoms with Gasteiger partial charge in [-0.3, -0.25) is 0 Å². The summed E-state index contributed by atoms with van der Waals surface area (Å²) in [5.41, 5.74) is 5.85. The Morgan fingerprint density at radius 1 is 1.55 bits per heavy atom. The molecule has 1 rings (SSSR count). The summed E-state index contributed by atoms with van der Waals surface area (Å²) in [5, 5.41) is 0. The van der Waals surface area contributed by atoms with Gasteiger partial charge in [-0.15, -0.1) is 0 Å². The van der Waals surface area contributed by atoms with Crippen LogP contribution in [0, 0.1) is 11.8 Å². The highest BCUT2D eigenvalue weighted by Crippen LogP contribution is 2.22. The van der Waals surface area contributed by atoms with E-state index in [1.54, 1.807) is 0 Å². The van der Waals surface area contributed by atoms with Crippen molar-refractivity contribution in [2.45, 2.75) is 39.2 Å². The predicted octanol–water partition coefficient (Wildman–Crippen LogP) is 2.33. The zero-order valence-electron chi connectivity index (χ0n) is 7.59. The maximum atomic E-state index is 5.85. The fourth-order valence-electron chi connectivity index (χ4n) is 1.79. The molecule has 1 heteroatoms. The molecule has 0 radical (unpaired) electrons. The normalized spacial score (nSPS) is 31.3. The number of allylic oxidation sites excluding steroid dienone is 1. The van der Waals surface area contributed by atoms with Gasteiger partial charge in [0.1, 0.15) is 0 Å². The van der Waals surface area contributed by atoms with Crippen molar-refractivity contribution in [1.29, 1.82) is 0 Å². The van der Waals surface area contributed by atoms with E-state index in [0.29, 0.717) is 6.04 Å². The molecule has 0 aliphatic heterocycles. The SMILES string of the molecule is CC(C)CC1C=CCC(N)C1. The van der Waals surface area contributed by atoms with E-state index in [1.165, 1.54) is 12.8 Å². The van der Waals surface area contributed by atoms with E-state index in [0.717, 1.165) is 18.3 Å². The van der Waals surface area contributed by atoms with Gasteiger partial charge in [-0.05, 0) is 31.1 Å². The molecule has 64 valence electrons. The van der Waals surface area contributed by atoms with Crippen LogP contribution in [-0.2, 0) is 0 Å². The third-order valence-corrected chi connectivity index (χ3v) is 2.23. The Bertz CT molecular complexity index is 138. The summed E-state index contributed by atoms with van der Waals surface area (Å²) in [4.78, 5) is 0. The van der Waals surface area contributed by atoms with Gasteiger partial charge >= 0.3 is 0 Å². The molecule has 1 aliphatic carbocycles. The van der Waals surface area contributed by atoms with Crippen LogP contribution in [0.4, 0.5) is 0 Å². The van der Waals surface area contributed by atoms with Crippen LogP contribution >= 0.6 is 0 Å². The molecule has 0 amide bonds. The van der Waals surface area contributed by atoms with Gasteiger partial charge in [0.05, 0.1) is 0 Å². The number of hydrogen-bond donors (Lipinski definition) is 1. The molecule has 0 aromatic rings. The lowest BCUT2D eigenvalue weighted by molar-refractivity contribution is 0.403. The number of rotatable bonds is 2. The van der Waals surface area contributed by atoms with Crippen molar-refractivity contribution in [1.82, 2.24) is 0 Å². The second kappa shape index (κ2) is 3.91. The zero-order valence-corrected chi connectivity index (χ0v) is 7.59. The summed E-state index contributed by atoms with van der Waals surface area (Å²) in [5.74, 6) is 1.55. The van der Waals surface area contributed by atoms with E-state index in [2.05, 4.69) is 26.0 Å². The molecule has 0 spiro atoms. The Hall–Kier alpha value is -0.300. The summed E-state index contributed by atoms with van der Waals surface area (Å²) < 4.78 is 0. The molecular weight excluding hydrogens is 134 g/mol. The van der Waals surface area contributed by atoms with Crippen molar-refractivity contribution >= 4 is 0 Å². The van der Waals surface area contributed by atoms with Crippen LogP contribution in [0.5, 0.6) is 0 Å². The molecule has 2 atom stereocenters. The maximum Gasteiger partial charge on any atom is 0.00790 e. The van der Waals surface area contributed by atoms with Gasteiger partial charge < -0.3 is 5.73 Å². The molecule has 11 heavy (non-hydrogen) atoms. The second-order valence-corrected chi connectivity index (χ2v) is 4.05. The summed E-state index contributed by atoms with van der Waals surface area (Å²) in [7, 11) is 0. The third-order valence-electron chi connectivity index (χ3n) is 2.23. The van der Waals surface area contributed by atoms with Crippen LogP contribution < -0.4 is 5.73 Å². The summed E-state index contributed by atoms with van der Waals surface area (Å²) in [6.07, 6.45) is 8.14. The van der Waals surface area contributed by atoms with Crippen molar-refractivity contribution in [2.24, 2.45) is 17.6 Å². The van der Waals surface area contributed by atoms with Gasteiger partial charge in [0, 0.05) is 6.04 Å². The van der Waals surface area contributed by atoms with Crippen LogP contribution in [0.2, 0.25) is 0 Å². The van der Waals surface area contributed by atoms with Gasteiger partial charge in [0.2, 0.25) is 0 Å². The Kier molecular flexibility index (Phi) is 3.13. The van der Waals surface area contributed by atoms with E-state index in [9.17, 15) is 0 Å². The Balaban J connectivity index is 2.34. The standard InChI is InChI=1S/C10H19N/c1-8(2)6-9-4-3-5-10(11)7-9/h3-4,8-10H,5-7,11H2,1-2H3. The highest BCUT2D eigenvalue weighted by molar-refractivity contribution is 4.97. The first-order valence-electron chi connectivity index (χ1n) is 4.60. The quantitative estimate of drug-likeness (QED) is 0.605. The summed E-state index contributed by atoms with van der Waals surface area (Å²) in [6.45, 7) is 4.54. The van der Waals surface area contributed by atoms with Gasteiger partial charge in [-0.2, -0.15) is 0 Å². The molecule has 0 saturated heterocycles. The Morgan fingerprint density at radius 3 is 2.82 bits per heavy atom.